The molecule has 3 aliphatic carbocycles. The van der Waals surface area contributed by atoms with E-state index in [-0.39, 0.29) is 11.9 Å². The molecule has 1 aromatic rings. The van der Waals surface area contributed by atoms with E-state index in [1.165, 1.54) is 21.3 Å². The number of carbonyl (C=O) groups is 3. The fourth-order valence-electron chi connectivity index (χ4n) is 4.32. The van der Waals surface area contributed by atoms with Crippen molar-refractivity contribution in [2.45, 2.75) is 18.8 Å². The van der Waals surface area contributed by atoms with Crippen molar-refractivity contribution in [2.75, 3.05) is 21.3 Å². The van der Waals surface area contributed by atoms with Crippen molar-refractivity contribution in [1.82, 2.24) is 0 Å². The molecule has 6 nitrogen and oxygen atoms in total. The fourth-order valence-corrected chi connectivity index (χ4v) is 4.32. The zero-order chi connectivity index (χ0) is 16.8. The Labute approximate surface area is 133 Å². The van der Waals surface area contributed by atoms with Gasteiger partial charge in [-0.25, -0.2) is 4.79 Å². The number of benzene rings is 1. The molecule has 0 amide bonds. The van der Waals surface area contributed by atoms with Gasteiger partial charge in [0.25, 0.3) is 0 Å². The third-order valence-electron chi connectivity index (χ3n) is 5.23. The van der Waals surface area contributed by atoms with Crippen LogP contribution in [0.1, 0.15) is 34.7 Å². The van der Waals surface area contributed by atoms with E-state index in [1.807, 2.05) is 0 Å². The second kappa shape index (κ2) is 5.08. The Kier molecular flexibility index (Phi) is 3.43. The Morgan fingerprint density at radius 2 is 1.43 bits per heavy atom. The van der Waals surface area contributed by atoms with Gasteiger partial charge in [-0.2, -0.15) is 0 Å². The minimum absolute atomic E-state index is 0.354. The molecule has 2 bridgehead atoms. The molecular weight excluding hydrogens is 300 g/mol. The van der Waals surface area contributed by atoms with Gasteiger partial charge in [0.05, 0.1) is 37.7 Å². The molecule has 0 unspecified atom stereocenters. The van der Waals surface area contributed by atoms with Gasteiger partial charge in [-0.15, -0.1) is 0 Å². The summed E-state index contributed by atoms with van der Waals surface area (Å²) in [6.07, 6.45) is 0.777. The zero-order valence-corrected chi connectivity index (χ0v) is 13.3. The lowest BCUT2D eigenvalue weighted by molar-refractivity contribution is -0.249. The van der Waals surface area contributed by atoms with Gasteiger partial charge in [0.2, 0.25) is 0 Å². The van der Waals surface area contributed by atoms with Crippen LogP contribution in [-0.4, -0.2) is 39.2 Å². The van der Waals surface area contributed by atoms with Crippen LogP contribution in [0, 0.1) is 10.8 Å². The molecule has 0 aliphatic heterocycles. The van der Waals surface area contributed by atoms with E-state index in [2.05, 4.69) is 0 Å². The molecule has 122 valence electrons. The third kappa shape index (κ3) is 1.77. The maximum atomic E-state index is 12.3. The average molecular weight is 318 g/mol. The predicted octanol–water partition coefficient (Wildman–Crippen LogP) is 1.68. The quantitative estimate of drug-likeness (QED) is 0.621. The van der Waals surface area contributed by atoms with E-state index >= 15 is 0 Å². The Morgan fingerprint density at radius 3 is 1.91 bits per heavy atom. The number of rotatable bonds is 4. The Balaban J connectivity index is 2.08. The molecule has 0 aromatic heterocycles. The van der Waals surface area contributed by atoms with E-state index in [0.29, 0.717) is 24.0 Å². The second-order valence-electron chi connectivity index (χ2n) is 6.16. The molecule has 0 spiro atoms. The Morgan fingerprint density at radius 1 is 0.913 bits per heavy atom. The molecule has 4 rings (SSSR count). The van der Waals surface area contributed by atoms with Crippen molar-refractivity contribution >= 4 is 17.9 Å². The minimum atomic E-state index is -0.757. The van der Waals surface area contributed by atoms with Crippen LogP contribution in [0.3, 0.4) is 0 Å². The number of hydrogen-bond acceptors (Lipinski definition) is 6. The molecule has 23 heavy (non-hydrogen) atoms. The highest BCUT2D eigenvalue weighted by Gasteiger charge is 2.83. The van der Waals surface area contributed by atoms with Gasteiger partial charge < -0.3 is 14.2 Å². The van der Waals surface area contributed by atoms with Gasteiger partial charge >= 0.3 is 17.9 Å². The van der Waals surface area contributed by atoms with E-state index in [1.54, 1.807) is 24.3 Å². The zero-order valence-electron chi connectivity index (χ0n) is 13.3. The van der Waals surface area contributed by atoms with E-state index in [9.17, 15) is 14.4 Å². The van der Waals surface area contributed by atoms with Crippen LogP contribution >= 0.6 is 0 Å². The smallest absolute Gasteiger partial charge is 0.338 e. The first kappa shape index (κ1) is 15.5. The van der Waals surface area contributed by atoms with Crippen LogP contribution in [0.5, 0.6) is 0 Å². The predicted molar refractivity (Wildman–Crippen MR) is 78.7 cm³/mol. The number of carbonyl (C=O) groups excluding carboxylic acids is 3. The Hall–Kier alpha value is -2.37. The maximum absolute atomic E-state index is 12.3. The van der Waals surface area contributed by atoms with Gasteiger partial charge in [-0.3, -0.25) is 9.59 Å². The standard InChI is InChI=1S/C17H18O6/c1-21-13(18)11-7-5-4-6-10(11)12-16(14(19)22-2)8-17(12,9-16)15(20)23-3/h4-7,12H,8-9H2,1-3H3. The lowest BCUT2D eigenvalue weighted by Crippen LogP contribution is -2.75. The second-order valence-corrected chi connectivity index (χ2v) is 6.16. The summed E-state index contributed by atoms with van der Waals surface area (Å²) >= 11 is 0. The lowest BCUT2D eigenvalue weighted by atomic mass is 9.27. The highest BCUT2D eigenvalue weighted by molar-refractivity contribution is 5.97. The monoisotopic (exact) mass is 318 g/mol. The summed E-state index contributed by atoms with van der Waals surface area (Å²) in [4.78, 5) is 36.5. The van der Waals surface area contributed by atoms with Crippen molar-refractivity contribution in [2.24, 2.45) is 10.8 Å². The number of hydrogen-bond donors (Lipinski definition) is 0. The number of methoxy groups -OCH3 is 3. The van der Waals surface area contributed by atoms with Crippen molar-refractivity contribution in [3.05, 3.63) is 35.4 Å². The van der Waals surface area contributed by atoms with Crippen molar-refractivity contribution in [3.63, 3.8) is 0 Å². The van der Waals surface area contributed by atoms with E-state index < -0.39 is 22.7 Å². The normalized spacial score (nSPS) is 30.5. The minimum Gasteiger partial charge on any atom is -0.469 e. The third-order valence-corrected chi connectivity index (χ3v) is 5.23. The summed E-state index contributed by atoms with van der Waals surface area (Å²) in [6, 6.07) is 6.88. The summed E-state index contributed by atoms with van der Waals surface area (Å²) in [7, 11) is 3.96. The Bertz CT molecular complexity index is 658. The number of ether oxygens (including phenoxy) is 3. The molecule has 6 heteroatoms. The summed E-state index contributed by atoms with van der Waals surface area (Å²) in [5, 5.41) is 0. The molecule has 0 N–H and O–H groups in total. The molecule has 0 heterocycles. The first-order valence-electron chi connectivity index (χ1n) is 7.31. The average Bonchev–Trinajstić information content (AvgIpc) is 2.52. The van der Waals surface area contributed by atoms with Crippen LogP contribution < -0.4 is 0 Å². The summed E-state index contributed by atoms with van der Waals surface area (Å²) < 4.78 is 14.7. The lowest BCUT2D eigenvalue weighted by Gasteiger charge is -2.72. The summed E-state index contributed by atoms with van der Waals surface area (Å²) in [6.45, 7) is 0. The molecular formula is C17H18O6. The molecule has 0 atom stereocenters. The molecule has 0 radical (unpaired) electrons. The molecule has 0 saturated heterocycles. The van der Waals surface area contributed by atoms with Gasteiger partial charge in [0.15, 0.2) is 0 Å². The van der Waals surface area contributed by atoms with Crippen LogP contribution in [0.2, 0.25) is 0 Å². The van der Waals surface area contributed by atoms with Crippen LogP contribution in [0.15, 0.2) is 24.3 Å². The fraction of sp³-hybridized carbons (Fsp3) is 0.471. The summed E-state index contributed by atoms with van der Waals surface area (Å²) in [5.41, 5.74) is -0.520. The van der Waals surface area contributed by atoms with Gasteiger partial charge in [-0.05, 0) is 24.5 Å². The number of esters is 3. The van der Waals surface area contributed by atoms with Crippen molar-refractivity contribution in [1.29, 1.82) is 0 Å². The topological polar surface area (TPSA) is 78.9 Å². The largest absolute Gasteiger partial charge is 0.469 e. The molecule has 1 aromatic carbocycles. The highest BCUT2D eigenvalue weighted by Crippen LogP contribution is 2.81. The van der Waals surface area contributed by atoms with Gasteiger partial charge in [-0.1, -0.05) is 18.2 Å². The highest BCUT2D eigenvalue weighted by atomic mass is 16.5. The SMILES string of the molecule is COC(=O)c1ccccc1C1C2(C(=O)OC)CC1(C(=O)OC)C2. The molecule has 3 fully saturated rings. The van der Waals surface area contributed by atoms with Crippen LogP contribution in [-0.2, 0) is 23.8 Å². The van der Waals surface area contributed by atoms with Crippen molar-refractivity contribution in [3.8, 4) is 0 Å². The van der Waals surface area contributed by atoms with Crippen LogP contribution in [0.25, 0.3) is 0 Å². The molecule has 3 aliphatic rings. The van der Waals surface area contributed by atoms with Gasteiger partial charge in [0.1, 0.15) is 0 Å². The first-order chi connectivity index (χ1) is 11.0. The first-order valence-corrected chi connectivity index (χ1v) is 7.31. The maximum Gasteiger partial charge on any atom is 0.338 e. The van der Waals surface area contributed by atoms with Crippen LogP contribution in [0.4, 0.5) is 0 Å². The van der Waals surface area contributed by atoms with E-state index in [4.69, 9.17) is 14.2 Å². The molecule has 3 saturated carbocycles. The van der Waals surface area contributed by atoms with Crippen molar-refractivity contribution < 1.29 is 28.6 Å². The van der Waals surface area contributed by atoms with Gasteiger partial charge in [0, 0.05) is 5.92 Å². The summed E-state index contributed by atoms with van der Waals surface area (Å²) in [5.74, 6) is -1.63. The van der Waals surface area contributed by atoms with E-state index in [0.717, 1.165) is 0 Å².